The van der Waals surface area contributed by atoms with E-state index in [1.807, 2.05) is 0 Å². The minimum Gasteiger partial charge on any atom is -0.354 e. The Balaban J connectivity index is 1.65. The van der Waals surface area contributed by atoms with Crippen LogP contribution in [0.3, 0.4) is 0 Å². The van der Waals surface area contributed by atoms with E-state index in [0.29, 0.717) is 30.9 Å². The van der Waals surface area contributed by atoms with Crippen molar-refractivity contribution in [1.29, 1.82) is 0 Å². The number of nitrogens with zero attached hydrogens (tertiary/aromatic N) is 1. The summed E-state index contributed by atoms with van der Waals surface area (Å²) in [6, 6.07) is 4.12. The second kappa shape index (κ2) is 7.74. The van der Waals surface area contributed by atoms with Crippen molar-refractivity contribution in [3.63, 3.8) is 0 Å². The molecule has 1 aliphatic rings. The van der Waals surface area contributed by atoms with Crippen LogP contribution in [0.5, 0.6) is 0 Å². The molecule has 7 heteroatoms. The number of rotatable bonds is 5. The summed E-state index contributed by atoms with van der Waals surface area (Å²) < 4.78 is 13.1. The normalized spacial score (nSPS) is 15.3. The molecule has 3 N–H and O–H groups in total. The van der Waals surface area contributed by atoms with Crippen LogP contribution in [0.25, 0.3) is 0 Å². The molecule has 0 aromatic heterocycles. The van der Waals surface area contributed by atoms with Gasteiger partial charge >= 0.3 is 6.03 Å². The van der Waals surface area contributed by atoms with Gasteiger partial charge in [0, 0.05) is 31.9 Å². The third kappa shape index (κ3) is 5.00. The largest absolute Gasteiger partial charge is 0.354 e. The predicted octanol–water partition coefficient (Wildman–Crippen LogP) is 1.08. The second-order valence-corrected chi connectivity index (χ2v) is 5.32. The highest BCUT2D eigenvalue weighted by Crippen LogP contribution is 2.13. The topological polar surface area (TPSA) is 73.5 Å². The summed E-state index contributed by atoms with van der Waals surface area (Å²) in [7, 11) is 0. The first kappa shape index (κ1) is 16.2. The summed E-state index contributed by atoms with van der Waals surface area (Å²) in [5, 5.41) is 8.18. The maximum absolute atomic E-state index is 13.1. The summed E-state index contributed by atoms with van der Waals surface area (Å²) in [4.78, 5) is 25.0. The van der Waals surface area contributed by atoms with Crippen LogP contribution in [-0.4, -0.2) is 49.6 Å². The highest BCUT2D eigenvalue weighted by Gasteiger charge is 2.15. The van der Waals surface area contributed by atoms with Gasteiger partial charge < -0.3 is 16.0 Å². The molecule has 1 saturated heterocycles. The van der Waals surface area contributed by atoms with E-state index < -0.39 is 0 Å². The standard InChI is InChI=1S/C15H21FN4O2/c1-11-9-12(3-4-13(11)16)19-15(22)18-5-2-7-20-8-6-17-14(21)10-20/h3-4,9H,2,5-8,10H2,1H3,(H,17,21)(H2,18,19,22). The van der Waals surface area contributed by atoms with Gasteiger partial charge in [-0.25, -0.2) is 9.18 Å². The van der Waals surface area contributed by atoms with E-state index in [2.05, 4.69) is 20.9 Å². The minimum absolute atomic E-state index is 0.0450. The molecule has 1 aromatic rings. The SMILES string of the molecule is Cc1cc(NC(=O)NCCCN2CCNC(=O)C2)ccc1F. The molecule has 0 atom stereocenters. The number of halogens is 1. The van der Waals surface area contributed by atoms with Gasteiger partial charge in [0.05, 0.1) is 6.54 Å². The molecule has 2 rings (SSSR count). The Kier molecular flexibility index (Phi) is 5.71. The molecular formula is C15H21FN4O2. The number of anilines is 1. The van der Waals surface area contributed by atoms with Crippen LogP contribution in [0.4, 0.5) is 14.9 Å². The van der Waals surface area contributed by atoms with Gasteiger partial charge in [-0.05, 0) is 37.1 Å². The zero-order valence-electron chi connectivity index (χ0n) is 12.6. The number of hydrogen-bond acceptors (Lipinski definition) is 3. The Bertz CT molecular complexity index is 550. The smallest absolute Gasteiger partial charge is 0.319 e. The summed E-state index contributed by atoms with van der Waals surface area (Å²) in [6.07, 6.45) is 0.767. The molecule has 0 bridgehead atoms. The molecule has 22 heavy (non-hydrogen) atoms. The first-order valence-electron chi connectivity index (χ1n) is 7.34. The maximum atomic E-state index is 13.1. The molecule has 1 aliphatic heterocycles. The van der Waals surface area contributed by atoms with Crippen molar-refractivity contribution in [2.24, 2.45) is 0 Å². The Morgan fingerprint density at radius 2 is 2.27 bits per heavy atom. The molecule has 0 aliphatic carbocycles. The molecule has 120 valence electrons. The molecule has 0 spiro atoms. The quantitative estimate of drug-likeness (QED) is 0.713. The van der Waals surface area contributed by atoms with Gasteiger partial charge in [-0.15, -0.1) is 0 Å². The monoisotopic (exact) mass is 308 g/mol. The van der Waals surface area contributed by atoms with Crippen molar-refractivity contribution < 1.29 is 14.0 Å². The Morgan fingerprint density at radius 1 is 1.45 bits per heavy atom. The highest BCUT2D eigenvalue weighted by atomic mass is 19.1. The number of piperazine rings is 1. The van der Waals surface area contributed by atoms with E-state index in [0.717, 1.165) is 19.5 Å². The summed E-state index contributed by atoms with van der Waals surface area (Å²) >= 11 is 0. The molecule has 0 radical (unpaired) electrons. The Labute approximate surface area is 129 Å². The molecule has 1 heterocycles. The lowest BCUT2D eigenvalue weighted by Crippen LogP contribution is -2.48. The average Bonchev–Trinajstić information content (AvgIpc) is 2.48. The fourth-order valence-electron chi connectivity index (χ4n) is 2.28. The van der Waals surface area contributed by atoms with Gasteiger partial charge in [-0.3, -0.25) is 9.69 Å². The number of nitrogens with one attached hydrogen (secondary N) is 3. The fourth-order valence-corrected chi connectivity index (χ4v) is 2.28. The van der Waals surface area contributed by atoms with E-state index in [-0.39, 0.29) is 17.8 Å². The van der Waals surface area contributed by atoms with Crippen LogP contribution >= 0.6 is 0 Å². The van der Waals surface area contributed by atoms with E-state index in [1.165, 1.54) is 12.1 Å². The van der Waals surface area contributed by atoms with E-state index in [9.17, 15) is 14.0 Å². The van der Waals surface area contributed by atoms with E-state index in [1.54, 1.807) is 13.0 Å². The molecular weight excluding hydrogens is 287 g/mol. The molecule has 3 amide bonds. The zero-order valence-corrected chi connectivity index (χ0v) is 12.6. The second-order valence-electron chi connectivity index (χ2n) is 5.32. The van der Waals surface area contributed by atoms with Gasteiger partial charge in [0.15, 0.2) is 0 Å². The van der Waals surface area contributed by atoms with Crippen molar-refractivity contribution >= 4 is 17.6 Å². The molecule has 1 aromatic carbocycles. The molecule has 6 nitrogen and oxygen atoms in total. The minimum atomic E-state index is -0.317. The van der Waals surface area contributed by atoms with Gasteiger partial charge in [0.1, 0.15) is 5.82 Å². The highest BCUT2D eigenvalue weighted by molar-refractivity contribution is 5.89. The number of carbonyl (C=O) groups excluding carboxylic acids is 2. The van der Waals surface area contributed by atoms with Crippen LogP contribution in [0.1, 0.15) is 12.0 Å². The van der Waals surface area contributed by atoms with E-state index >= 15 is 0 Å². The van der Waals surface area contributed by atoms with Crippen molar-refractivity contribution in [3.05, 3.63) is 29.6 Å². The average molecular weight is 308 g/mol. The number of amides is 3. The number of aryl methyl sites for hydroxylation is 1. The first-order chi connectivity index (χ1) is 10.5. The third-order valence-electron chi connectivity index (χ3n) is 3.47. The number of carbonyl (C=O) groups is 2. The lowest BCUT2D eigenvalue weighted by molar-refractivity contribution is -0.124. The number of urea groups is 1. The van der Waals surface area contributed by atoms with Crippen LogP contribution in [-0.2, 0) is 4.79 Å². The van der Waals surface area contributed by atoms with Crippen LogP contribution < -0.4 is 16.0 Å². The van der Waals surface area contributed by atoms with E-state index in [4.69, 9.17) is 0 Å². The molecule has 0 unspecified atom stereocenters. The van der Waals surface area contributed by atoms with Crippen molar-refractivity contribution in [2.75, 3.05) is 38.0 Å². The Morgan fingerprint density at radius 3 is 3.00 bits per heavy atom. The van der Waals surface area contributed by atoms with Gasteiger partial charge in [0.2, 0.25) is 5.91 Å². The number of hydrogen-bond donors (Lipinski definition) is 3. The summed E-state index contributed by atoms with van der Waals surface area (Å²) in [6.45, 7) is 4.87. The van der Waals surface area contributed by atoms with Gasteiger partial charge in [-0.2, -0.15) is 0 Å². The lowest BCUT2D eigenvalue weighted by Gasteiger charge is -2.26. The maximum Gasteiger partial charge on any atom is 0.319 e. The molecule has 0 saturated carbocycles. The van der Waals surface area contributed by atoms with Gasteiger partial charge in [-0.1, -0.05) is 0 Å². The summed E-state index contributed by atoms with van der Waals surface area (Å²) in [5.74, 6) is -0.250. The van der Waals surface area contributed by atoms with Crippen LogP contribution in [0, 0.1) is 12.7 Å². The zero-order chi connectivity index (χ0) is 15.9. The first-order valence-corrected chi connectivity index (χ1v) is 7.34. The van der Waals surface area contributed by atoms with Crippen LogP contribution in [0.15, 0.2) is 18.2 Å². The lowest BCUT2D eigenvalue weighted by atomic mass is 10.2. The fraction of sp³-hybridized carbons (Fsp3) is 0.467. The molecule has 1 fully saturated rings. The predicted molar refractivity (Wildman–Crippen MR) is 82.2 cm³/mol. The third-order valence-corrected chi connectivity index (χ3v) is 3.47. The van der Waals surface area contributed by atoms with Gasteiger partial charge in [0.25, 0.3) is 0 Å². The van der Waals surface area contributed by atoms with Crippen LogP contribution in [0.2, 0.25) is 0 Å². The number of benzene rings is 1. The van der Waals surface area contributed by atoms with Crippen molar-refractivity contribution in [2.45, 2.75) is 13.3 Å². The summed E-state index contributed by atoms with van der Waals surface area (Å²) in [5.41, 5.74) is 1.05. The Hall–Kier alpha value is -2.15. The van der Waals surface area contributed by atoms with Crippen molar-refractivity contribution in [1.82, 2.24) is 15.5 Å². The van der Waals surface area contributed by atoms with Crippen molar-refractivity contribution in [3.8, 4) is 0 Å².